The van der Waals surface area contributed by atoms with Crippen LogP contribution in [0.4, 0.5) is 11.4 Å². The number of nitrogens with zero attached hydrogens (tertiary/aromatic N) is 1. The van der Waals surface area contributed by atoms with Gasteiger partial charge in [0, 0.05) is 20.7 Å². The summed E-state index contributed by atoms with van der Waals surface area (Å²) in [5, 5.41) is 15.6. The van der Waals surface area contributed by atoms with Crippen molar-refractivity contribution in [2.45, 2.75) is 11.8 Å². The van der Waals surface area contributed by atoms with Crippen molar-refractivity contribution in [3.8, 4) is 5.40 Å². The molecule has 2 N–H and O–H groups in total. The molecule has 116 valence electrons. The highest BCUT2D eigenvalue weighted by Crippen LogP contribution is 2.21. The fourth-order valence-electron chi connectivity index (χ4n) is 1.79. The molecule has 0 aliphatic carbocycles. The molecule has 0 fully saturated rings. The summed E-state index contributed by atoms with van der Waals surface area (Å²) in [4.78, 5) is 24.6. The van der Waals surface area contributed by atoms with Gasteiger partial charge < -0.3 is 10.6 Å². The maximum absolute atomic E-state index is 11.9. The number of anilines is 2. The third-order valence-corrected chi connectivity index (χ3v) is 4.01. The predicted molar refractivity (Wildman–Crippen MR) is 94.1 cm³/mol. The van der Waals surface area contributed by atoms with Gasteiger partial charge in [0.1, 0.15) is 5.40 Å². The lowest BCUT2D eigenvalue weighted by molar-refractivity contribution is -0.133. The van der Waals surface area contributed by atoms with Gasteiger partial charge in [0.25, 0.3) is 0 Å². The number of thioether (sulfide) groups is 1. The van der Waals surface area contributed by atoms with Gasteiger partial charge in [-0.05, 0) is 66.7 Å². The topological polar surface area (TPSA) is 82.0 Å². The average molecular weight is 390 g/mol. The number of hydrogen-bond acceptors (Lipinski definition) is 4. The molecule has 0 saturated carbocycles. The number of carbonyl (C=O) groups excluding carboxylic acids is 2. The predicted octanol–water partition coefficient (Wildman–Crippen LogP) is 3.91. The Labute approximate surface area is 146 Å². The van der Waals surface area contributed by atoms with E-state index in [2.05, 4.69) is 26.6 Å². The Balaban J connectivity index is 1.99. The van der Waals surface area contributed by atoms with Crippen LogP contribution in [0.5, 0.6) is 0 Å². The molecule has 0 radical (unpaired) electrons. The molecule has 0 aromatic heterocycles. The number of rotatable bonds is 3. The molecule has 2 rings (SSSR count). The molecule has 2 amide bonds. The van der Waals surface area contributed by atoms with Gasteiger partial charge in [0.05, 0.1) is 0 Å². The van der Waals surface area contributed by atoms with E-state index in [1.165, 1.54) is 0 Å². The number of nitriles is 1. The summed E-state index contributed by atoms with van der Waals surface area (Å²) in [6.45, 7) is 1.84. The molecule has 0 aliphatic rings. The molecular formula is C16H12BrN3O2S. The third kappa shape index (κ3) is 4.84. The fraction of sp³-hybridized carbons (Fsp3) is 0.0625. The Morgan fingerprint density at radius 1 is 1.09 bits per heavy atom. The van der Waals surface area contributed by atoms with E-state index in [0.717, 1.165) is 26.7 Å². The van der Waals surface area contributed by atoms with Crippen LogP contribution in [0.15, 0.2) is 51.8 Å². The van der Waals surface area contributed by atoms with Crippen LogP contribution >= 0.6 is 27.7 Å². The van der Waals surface area contributed by atoms with Gasteiger partial charge in [-0.3, -0.25) is 9.59 Å². The molecule has 0 heterocycles. The number of carbonyl (C=O) groups is 2. The van der Waals surface area contributed by atoms with Gasteiger partial charge in [0.15, 0.2) is 0 Å². The van der Waals surface area contributed by atoms with Crippen molar-refractivity contribution in [1.82, 2.24) is 0 Å². The molecule has 0 unspecified atom stereocenters. The first-order valence-electron chi connectivity index (χ1n) is 6.54. The van der Waals surface area contributed by atoms with Crippen LogP contribution in [0.1, 0.15) is 5.56 Å². The van der Waals surface area contributed by atoms with Crippen molar-refractivity contribution < 1.29 is 9.59 Å². The number of nitrogens with one attached hydrogen (secondary N) is 2. The quantitative estimate of drug-likeness (QED) is 0.473. The van der Waals surface area contributed by atoms with E-state index in [4.69, 9.17) is 5.26 Å². The van der Waals surface area contributed by atoms with E-state index in [9.17, 15) is 9.59 Å². The molecule has 2 aromatic carbocycles. The Bertz CT molecular complexity index is 785. The average Bonchev–Trinajstić information content (AvgIpc) is 2.52. The van der Waals surface area contributed by atoms with Crippen molar-refractivity contribution in [2.75, 3.05) is 10.6 Å². The first-order chi connectivity index (χ1) is 11.0. The minimum Gasteiger partial charge on any atom is -0.318 e. The molecule has 0 bridgehead atoms. The van der Waals surface area contributed by atoms with Crippen LogP contribution in [-0.2, 0) is 9.59 Å². The van der Waals surface area contributed by atoms with Crippen molar-refractivity contribution in [1.29, 1.82) is 5.26 Å². The van der Waals surface area contributed by atoms with Crippen molar-refractivity contribution in [3.63, 3.8) is 0 Å². The number of aryl methyl sites for hydroxylation is 1. The maximum atomic E-state index is 11.9. The van der Waals surface area contributed by atoms with Crippen molar-refractivity contribution in [2.24, 2.45) is 0 Å². The Morgan fingerprint density at radius 3 is 2.35 bits per heavy atom. The van der Waals surface area contributed by atoms with Crippen LogP contribution in [0.2, 0.25) is 0 Å². The summed E-state index contributed by atoms with van der Waals surface area (Å²) in [7, 11) is 0. The monoisotopic (exact) mass is 389 g/mol. The number of hydrogen-bond donors (Lipinski definition) is 2. The molecule has 5 nitrogen and oxygen atoms in total. The van der Waals surface area contributed by atoms with Crippen molar-refractivity contribution >= 4 is 50.9 Å². The van der Waals surface area contributed by atoms with E-state index in [1.54, 1.807) is 36.4 Å². The Kier molecular flexibility index (Phi) is 5.79. The highest BCUT2D eigenvalue weighted by molar-refractivity contribution is 9.10. The number of amides is 2. The lowest BCUT2D eigenvalue weighted by Gasteiger charge is -2.09. The standard InChI is InChI=1S/C16H12BrN3O2S/c1-10-8-11(17)2-7-14(10)20-16(22)15(21)19-12-3-5-13(6-4-12)23-9-18/h2-8H,1H3,(H,19,21)(H,20,22). The fourth-order valence-corrected chi connectivity index (χ4v) is 2.65. The number of thiocyanates is 1. The highest BCUT2D eigenvalue weighted by atomic mass is 79.9. The molecule has 2 aromatic rings. The molecular weight excluding hydrogens is 378 g/mol. The van der Waals surface area contributed by atoms with E-state index >= 15 is 0 Å². The molecule has 0 spiro atoms. The smallest absolute Gasteiger partial charge is 0.314 e. The molecule has 0 saturated heterocycles. The van der Waals surface area contributed by atoms with Gasteiger partial charge >= 0.3 is 11.8 Å². The summed E-state index contributed by atoms with van der Waals surface area (Å²) in [5.74, 6) is -1.50. The lowest BCUT2D eigenvalue weighted by atomic mass is 10.2. The molecule has 0 atom stereocenters. The highest BCUT2D eigenvalue weighted by Gasteiger charge is 2.15. The van der Waals surface area contributed by atoms with Crippen LogP contribution in [-0.4, -0.2) is 11.8 Å². The zero-order valence-corrected chi connectivity index (χ0v) is 14.5. The summed E-state index contributed by atoms with van der Waals surface area (Å²) in [6.07, 6.45) is 0. The number of halogens is 1. The van der Waals surface area contributed by atoms with Crippen LogP contribution in [0, 0.1) is 17.6 Å². The van der Waals surface area contributed by atoms with Gasteiger partial charge in [-0.15, -0.1) is 0 Å². The van der Waals surface area contributed by atoms with Crippen LogP contribution in [0.3, 0.4) is 0 Å². The van der Waals surface area contributed by atoms with Gasteiger partial charge in [-0.2, -0.15) is 5.26 Å². The minimum atomic E-state index is -0.756. The Morgan fingerprint density at radius 2 is 1.74 bits per heavy atom. The van der Waals surface area contributed by atoms with E-state index in [0.29, 0.717) is 11.4 Å². The summed E-state index contributed by atoms with van der Waals surface area (Å²) < 4.78 is 0.896. The first-order valence-corrected chi connectivity index (χ1v) is 8.15. The Hall–Kier alpha value is -2.30. The van der Waals surface area contributed by atoms with Gasteiger partial charge in [-0.25, -0.2) is 0 Å². The molecule has 7 heteroatoms. The maximum Gasteiger partial charge on any atom is 0.314 e. The summed E-state index contributed by atoms with van der Waals surface area (Å²) in [5.41, 5.74) is 1.91. The van der Waals surface area contributed by atoms with Gasteiger partial charge in [-0.1, -0.05) is 15.9 Å². The zero-order chi connectivity index (χ0) is 16.8. The largest absolute Gasteiger partial charge is 0.318 e. The summed E-state index contributed by atoms with van der Waals surface area (Å²) >= 11 is 4.36. The molecule has 0 aliphatic heterocycles. The van der Waals surface area contributed by atoms with Crippen LogP contribution in [0.25, 0.3) is 0 Å². The van der Waals surface area contributed by atoms with Crippen molar-refractivity contribution in [3.05, 3.63) is 52.5 Å². The minimum absolute atomic E-state index is 0.486. The second kappa shape index (κ2) is 7.81. The van der Waals surface area contributed by atoms with E-state index in [1.807, 2.05) is 18.4 Å². The first kappa shape index (κ1) is 17.1. The SMILES string of the molecule is Cc1cc(Br)ccc1NC(=O)C(=O)Nc1ccc(SC#N)cc1. The second-order valence-corrected chi connectivity index (χ2v) is 6.36. The second-order valence-electron chi connectivity index (χ2n) is 4.59. The lowest BCUT2D eigenvalue weighted by Crippen LogP contribution is -2.29. The van der Waals surface area contributed by atoms with Gasteiger partial charge in [0.2, 0.25) is 0 Å². The normalized spacial score (nSPS) is 9.78. The molecule has 23 heavy (non-hydrogen) atoms. The van der Waals surface area contributed by atoms with E-state index < -0.39 is 11.8 Å². The summed E-state index contributed by atoms with van der Waals surface area (Å²) in [6, 6.07) is 12.0. The number of benzene rings is 2. The zero-order valence-electron chi connectivity index (χ0n) is 12.1. The van der Waals surface area contributed by atoms with Crippen LogP contribution < -0.4 is 10.6 Å². The van der Waals surface area contributed by atoms with E-state index in [-0.39, 0.29) is 0 Å². The third-order valence-electron chi connectivity index (χ3n) is 2.92.